The van der Waals surface area contributed by atoms with Gasteiger partial charge in [0.15, 0.2) is 0 Å². The number of aryl methyl sites for hydroxylation is 1. The molecular weight excluding hydrogens is 398 g/mol. The molecule has 0 saturated carbocycles. The summed E-state index contributed by atoms with van der Waals surface area (Å²) in [6.45, 7) is 1.81. The van der Waals surface area contributed by atoms with Gasteiger partial charge in [0.05, 0.1) is 5.69 Å². The monoisotopic (exact) mass is 413 g/mol. The van der Waals surface area contributed by atoms with Crippen molar-refractivity contribution >= 4 is 39.8 Å². The second-order valence-electron chi connectivity index (χ2n) is 5.68. The quantitative estimate of drug-likeness (QED) is 0.619. The van der Waals surface area contributed by atoms with Crippen LogP contribution in [-0.4, -0.2) is 24.0 Å². The predicted molar refractivity (Wildman–Crippen MR) is 103 cm³/mol. The van der Waals surface area contributed by atoms with Gasteiger partial charge >= 0.3 is 0 Å². The van der Waals surface area contributed by atoms with E-state index in [9.17, 15) is 9.59 Å². The molecule has 3 rings (SSSR count). The van der Waals surface area contributed by atoms with Crippen molar-refractivity contribution in [2.75, 3.05) is 16.8 Å². The summed E-state index contributed by atoms with van der Waals surface area (Å²) in [4.78, 5) is 24.8. The standard InChI is InChI=1S/C19H16BrN3O3/c1-13-6-8-14(9-7-13)17-10-19(26-22-17)23(12-24)11-18(25)21-16-5-3-2-4-15(16)20/h2-10,12H,11H2,1H3,(H,21,25). The number of hydrogen-bond donors (Lipinski definition) is 1. The number of carbonyl (C=O) groups excluding carboxylic acids is 2. The van der Waals surface area contributed by atoms with Gasteiger partial charge in [-0.25, -0.2) is 0 Å². The van der Waals surface area contributed by atoms with E-state index >= 15 is 0 Å². The minimum atomic E-state index is -0.350. The largest absolute Gasteiger partial charge is 0.338 e. The van der Waals surface area contributed by atoms with Crippen LogP contribution in [0.5, 0.6) is 0 Å². The van der Waals surface area contributed by atoms with Crippen molar-refractivity contribution in [3.63, 3.8) is 0 Å². The molecule has 1 aromatic heterocycles. The lowest BCUT2D eigenvalue weighted by Crippen LogP contribution is -2.32. The van der Waals surface area contributed by atoms with Crippen LogP contribution in [-0.2, 0) is 9.59 Å². The maximum absolute atomic E-state index is 12.2. The lowest BCUT2D eigenvalue weighted by Gasteiger charge is -2.13. The molecule has 0 radical (unpaired) electrons. The molecule has 0 unspecified atom stereocenters. The molecule has 0 aliphatic heterocycles. The number of benzene rings is 2. The summed E-state index contributed by atoms with van der Waals surface area (Å²) in [6.07, 6.45) is 0.541. The first-order valence-electron chi connectivity index (χ1n) is 7.87. The number of para-hydroxylation sites is 1. The molecule has 1 N–H and O–H groups in total. The number of anilines is 2. The molecule has 6 nitrogen and oxygen atoms in total. The molecule has 132 valence electrons. The molecule has 1 heterocycles. The molecule has 2 aromatic carbocycles. The summed E-state index contributed by atoms with van der Waals surface area (Å²) in [7, 11) is 0. The molecule has 0 aliphatic rings. The number of halogens is 1. The first-order valence-corrected chi connectivity index (χ1v) is 8.66. The molecule has 0 saturated heterocycles. The SMILES string of the molecule is Cc1ccc(-c2cc(N(C=O)CC(=O)Nc3ccccc3Br)on2)cc1. The Kier molecular flexibility index (Phi) is 5.48. The zero-order valence-electron chi connectivity index (χ0n) is 14.0. The Morgan fingerprint density at radius 2 is 1.96 bits per heavy atom. The molecule has 0 aliphatic carbocycles. The van der Waals surface area contributed by atoms with Gasteiger partial charge in [0.1, 0.15) is 12.2 Å². The Morgan fingerprint density at radius 1 is 1.23 bits per heavy atom. The van der Waals surface area contributed by atoms with Crippen LogP contribution in [0.1, 0.15) is 5.56 Å². The van der Waals surface area contributed by atoms with Gasteiger partial charge in [-0.2, -0.15) is 0 Å². The number of nitrogens with zero attached hydrogens (tertiary/aromatic N) is 2. The molecule has 2 amide bonds. The Balaban J connectivity index is 1.71. The number of hydrogen-bond acceptors (Lipinski definition) is 4. The van der Waals surface area contributed by atoms with Crippen LogP contribution in [0.4, 0.5) is 11.6 Å². The fourth-order valence-corrected chi connectivity index (χ4v) is 2.72. The highest BCUT2D eigenvalue weighted by atomic mass is 79.9. The summed E-state index contributed by atoms with van der Waals surface area (Å²) >= 11 is 3.36. The summed E-state index contributed by atoms with van der Waals surface area (Å²) in [5.74, 6) is -0.143. The van der Waals surface area contributed by atoms with Crippen molar-refractivity contribution in [1.29, 1.82) is 0 Å². The third-order valence-electron chi connectivity index (χ3n) is 3.72. The molecule has 0 bridgehead atoms. The van der Waals surface area contributed by atoms with Gasteiger partial charge in [0.2, 0.25) is 18.2 Å². The predicted octanol–water partition coefficient (Wildman–Crippen LogP) is 4.01. The maximum Gasteiger partial charge on any atom is 0.244 e. The fourth-order valence-electron chi connectivity index (χ4n) is 2.34. The average Bonchev–Trinajstić information content (AvgIpc) is 3.12. The lowest BCUT2D eigenvalue weighted by molar-refractivity contribution is -0.116. The van der Waals surface area contributed by atoms with Crippen LogP contribution in [0.2, 0.25) is 0 Å². The van der Waals surface area contributed by atoms with Crippen LogP contribution in [0.3, 0.4) is 0 Å². The Bertz CT molecular complexity index is 922. The molecular formula is C19H16BrN3O3. The van der Waals surface area contributed by atoms with E-state index in [1.54, 1.807) is 12.1 Å². The van der Waals surface area contributed by atoms with Crippen molar-refractivity contribution in [2.45, 2.75) is 6.92 Å². The highest BCUT2D eigenvalue weighted by Crippen LogP contribution is 2.24. The smallest absolute Gasteiger partial charge is 0.244 e. The zero-order chi connectivity index (χ0) is 18.5. The van der Waals surface area contributed by atoms with Gasteiger partial charge in [-0.1, -0.05) is 47.1 Å². The van der Waals surface area contributed by atoms with Crippen molar-refractivity contribution in [2.24, 2.45) is 0 Å². The summed E-state index contributed by atoms with van der Waals surface area (Å²) in [5, 5.41) is 6.72. The number of carbonyl (C=O) groups is 2. The number of nitrogens with one attached hydrogen (secondary N) is 1. The minimum absolute atomic E-state index is 0.187. The molecule has 26 heavy (non-hydrogen) atoms. The van der Waals surface area contributed by atoms with Crippen LogP contribution in [0.15, 0.2) is 63.6 Å². The number of amides is 2. The van der Waals surface area contributed by atoms with E-state index < -0.39 is 0 Å². The Morgan fingerprint density at radius 3 is 2.65 bits per heavy atom. The van der Waals surface area contributed by atoms with Gasteiger partial charge < -0.3 is 9.84 Å². The highest BCUT2D eigenvalue weighted by molar-refractivity contribution is 9.10. The normalized spacial score (nSPS) is 10.4. The van der Waals surface area contributed by atoms with Crippen LogP contribution < -0.4 is 10.2 Å². The minimum Gasteiger partial charge on any atom is -0.338 e. The first-order chi connectivity index (χ1) is 12.6. The second-order valence-corrected chi connectivity index (χ2v) is 6.53. The summed E-state index contributed by atoms with van der Waals surface area (Å²) in [6, 6.07) is 16.6. The summed E-state index contributed by atoms with van der Waals surface area (Å²) in [5.41, 5.74) is 3.23. The van der Waals surface area contributed by atoms with Gasteiger partial charge in [-0.15, -0.1) is 0 Å². The molecule has 3 aromatic rings. The lowest BCUT2D eigenvalue weighted by atomic mass is 10.1. The third kappa shape index (κ3) is 4.18. The van der Waals surface area contributed by atoms with E-state index in [-0.39, 0.29) is 18.3 Å². The van der Waals surface area contributed by atoms with Gasteiger partial charge in [-0.05, 0) is 35.0 Å². The Labute approximate surface area is 158 Å². The molecule has 0 atom stereocenters. The number of rotatable bonds is 6. The van der Waals surface area contributed by atoms with Gasteiger partial charge in [0, 0.05) is 16.1 Å². The average molecular weight is 414 g/mol. The second kappa shape index (κ2) is 7.97. The zero-order valence-corrected chi connectivity index (χ0v) is 15.6. The van der Waals surface area contributed by atoms with E-state index in [0.29, 0.717) is 17.8 Å². The van der Waals surface area contributed by atoms with Crippen LogP contribution in [0.25, 0.3) is 11.3 Å². The van der Waals surface area contributed by atoms with E-state index in [0.717, 1.165) is 20.5 Å². The molecule has 0 fully saturated rings. The molecule has 7 heteroatoms. The van der Waals surface area contributed by atoms with E-state index in [1.807, 2.05) is 49.4 Å². The van der Waals surface area contributed by atoms with Crippen molar-refractivity contribution < 1.29 is 14.1 Å². The van der Waals surface area contributed by atoms with Crippen molar-refractivity contribution in [3.05, 3.63) is 64.6 Å². The summed E-state index contributed by atoms with van der Waals surface area (Å²) < 4.78 is 5.99. The topological polar surface area (TPSA) is 75.4 Å². The third-order valence-corrected chi connectivity index (χ3v) is 4.41. The van der Waals surface area contributed by atoms with E-state index in [2.05, 4.69) is 26.4 Å². The van der Waals surface area contributed by atoms with Crippen LogP contribution in [0, 0.1) is 6.92 Å². The van der Waals surface area contributed by atoms with Crippen molar-refractivity contribution in [3.8, 4) is 11.3 Å². The number of aromatic nitrogens is 1. The maximum atomic E-state index is 12.2. The fraction of sp³-hybridized carbons (Fsp3) is 0.105. The van der Waals surface area contributed by atoms with Crippen molar-refractivity contribution in [1.82, 2.24) is 5.16 Å². The van der Waals surface area contributed by atoms with E-state index in [1.165, 1.54) is 0 Å². The Hall–Kier alpha value is -2.93. The van der Waals surface area contributed by atoms with Gasteiger partial charge in [0.25, 0.3) is 0 Å². The van der Waals surface area contributed by atoms with Crippen LogP contribution >= 0.6 is 15.9 Å². The highest BCUT2D eigenvalue weighted by Gasteiger charge is 2.17. The molecule has 0 spiro atoms. The van der Waals surface area contributed by atoms with Gasteiger partial charge in [-0.3, -0.25) is 14.5 Å². The first kappa shape index (κ1) is 17.9. The van der Waals surface area contributed by atoms with E-state index in [4.69, 9.17) is 4.52 Å².